The number of unbranched alkanes of at least 4 members (excludes halogenated alkanes) is 1. The Balaban J connectivity index is 2.37. The summed E-state index contributed by atoms with van der Waals surface area (Å²) in [5.41, 5.74) is 9.08. The molecule has 0 atom stereocenters. The number of nitrogens with two attached hydrogens (primary N) is 1. The van der Waals surface area contributed by atoms with Crippen molar-refractivity contribution in [2.45, 2.75) is 12.8 Å². The lowest BCUT2D eigenvalue weighted by Crippen LogP contribution is -2.05. The molecule has 2 aromatic rings. The number of nitrogens with zero attached hydrogens (tertiary/aromatic N) is 2. The van der Waals surface area contributed by atoms with Crippen LogP contribution in [-0.2, 0) is 0 Å². The van der Waals surface area contributed by atoms with Gasteiger partial charge in [-0.25, -0.2) is 0 Å². The molecule has 0 spiro atoms. The molecule has 0 saturated heterocycles. The summed E-state index contributed by atoms with van der Waals surface area (Å²) in [6.45, 7) is 4.65. The topological polar surface area (TPSA) is 63.8 Å². The van der Waals surface area contributed by atoms with Gasteiger partial charge in [0, 0.05) is 12.7 Å². The summed E-state index contributed by atoms with van der Waals surface area (Å²) in [6, 6.07) is 3.79. The molecule has 2 heterocycles. The second kappa shape index (κ2) is 4.79. The number of nitrogen functional groups attached to an aromatic ring is 1. The first kappa shape index (κ1) is 10.7. The third-order valence-electron chi connectivity index (χ3n) is 2.38. The van der Waals surface area contributed by atoms with E-state index in [4.69, 9.17) is 5.73 Å². The Bertz CT molecular complexity index is 481. The highest BCUT2D eigenvalue weighted by Gasteiger charge is 2.06. The van der Waals surface area contributed by atoms with Crippen LogP contribution in [0.2, 0.25) is 0 Å². The van der Waals surface area contributed by atoms with Crippen LogP contribution in [0.25, 0.3) is 11.0 Å². The van der Waals surface area contributed by atoms with E-state index in [1.165, 1.54) is 0 Å². The first-order valence-electron chi connectivity index (χ1n) is 5.35. The predicted octanol–water partition coefficient (Wildman–Crippen LogP) is 2.24. The number of pyridine rings is 2. The van der Waals surface area contributed by atoms with E-state index in [-0.39, 0.29) is 0 Å². The number of hydrogen-bond donors (Lipinski definition) is 2. The Morgan fingerprint density at radius 2 is 2.25 bits per heavy atom. The monoisotopic (exact) mass is 215 g/mol. The smallest absolute Gasteiger partial charge is 0.114 e. The van der Waals surface area contributed by atoms with Crippen molar-refractivity contribution in [2.24, 2.45) is 0 Å². The van der Waals surface area contributed by atoms with Crippen molar-refractivity contribution >= 4 is 22.4 Å². The van der Waals surface area contributed by atoms with E-state index in [1.54, 1.807) is 12.4 Å². The van der Waals surface area contributed by atoms with Gasteiger partial charge in [-0.2, -0.15) is 0 Å². The maximum absolute atomic E-state index is 5.89. The summed E-state index contributed by atoms with van der Waals surface area (Å²) in [7, 11) is 0. The molecule has 0 amide bonds. The quantitative estimate of drug-likeness (QED) is 0.768. The van der Waals surface area contributed by atoms with Crippen molar-refractivity contribution in [3.63, 3.8) is 0 Å². The standard InChI is InChI=1S/C12H15N4/c1-2-3-6-14-11-9(13)8-16-10-5-4-7-15-12(10)11/h4-5,7-8H,1-3,6,13H2,(H,14,16). The van der Waals surface area contributed by atoms with Crippen molar-refractivity contribution in [1.29, 1.82) is 0 Å². The van der Waals surface area contributed by atoms with Gasteiger partial charge in [0.15, 0.2) is 0 Å². The Labute approximate surface area is 94.9 Å². The van der Waals surface area contributed by atoms with Gasteiger partial charge in [-0.3, -0.25) is 9.97 Å². The zero-order valence-electron chi connectivity index (χ0n) is 9.11. The predicted molar refractivity (Wildman–Crippen MR) is 67.0 cm³/mol. The van der Waals surface area contributed by atoms with E-state index >= 15 is 0 Å². The van der Waals surface area contributed by atoms with Crippen molar-refractivity contribution in [3.05, 3.63) is 31.5 Å². The number of aromatic nitrogens is 2. The highest BCUT2D eigenvalue weighted by Crippen LogP contribution is 2.25. The summed E-state index contributed by atoms with van der Waals surface area (Å²) in [5.74, 6) is 0. The largest absolute Gasteiger partial charge is 0.396 e. The molecule has 0 bridgehead atoms. The number of nitrogens with one attached hydrogen (secondary N) is 1. The Morgan fingerprint density at radius 1 is 1.38 bits per heavy atom. The molecular formula is C12H15N4. The van der Waals surface area contributed by atoms with E-state index in [0.29, 0.717) is 5.69 Å². The molecule has 0 aromatic carbocycles. The maximum Gasteiger partial charge on any atom is 0.114 e. The van der Waals surface area contributed by atoms with Gasteiger partial charge in [0.1, 0.15) is 5.52 Å². The molecule has 16 heavy (non-hydrogen) atoms. The summed E-state index contributed by atoms with van der Waals surface area (Å²) in [6.07, 6.45) is 5.33. The molecule has 1 radical (unpaired) electrons. The van der Waals surface area contributed by atoms with Crippen LogP contribution in [0.1, 0.15) is 12.8 Å². The van der Waals surface area contributed by atoms with E-state index < -0.39 is 0 Å². The second-order valence-electron chi connectivity index (χ2n) is 3.59. The zero-order chi connectivity index (χ0) is 11.4. The van der Waals surface area contributed by atoms with Gasteiger partial charge in [-0.1, -0.05) is 13.3 Å². The van der Waals surface area contributed by atoms with Crippen LogP contribution >= 0.6 is 0 Å². The van der Waals surface area contributed by atoms with Gasteiger partial charge in [-0.05, 0) is 18.6 Å². The van der Waals surface area contributed by atoms with Crippen LogP contribution in [-0.4, -0.2) is 16.5 Å². The molecule has 0 aliphatic rings. The van der Waals surface area contributed by atoms with Gasteiger partial charge in [0.25, 0.3) is 0 Å². The summed E-state index contributed by atoms with van der Waals surface area (Å²) < 4.78 is 0. The van der Waals surface area contributed by atoms with Crippen LogP contribution in [0.3, 0.4) is 0 Å². The average Bonchev–Trinajstić information content (AvgIpc) is 2.32. The summed E-state index contributed by atoms with van der Waals surface area (Å²) in [5, 5.41) is 3.29. The SMILES string of the molecule is [CH2]CCCNc1c(N)cnc2cccnc12. The molecule has 4 heteroatoms. The lowest BCUT2D eigenvalue weighted by atomic mass is 10.2. The number of hydrogen-bond acceptors (Lipinski definition) is 4. The molecule has 4 nitrogen and oxygen atoms in total. The van der Waals surface area contributed by atoms with Gasteiger partial charge in [-0.15, -0.1) is 0 Å². The average molecular weight is 215 g/mol. The third kappa shape index (κ3) is 2.05. The summed E-state index contributed by atoms with van der Waals surface area (Å²) >= 11 is 0. The highest BCUT2D eigenvalue weighted by atomic mass is 14.9. The number of anilines is 2. The van der Waals surface area contributed by atoms with Gasteiger partial charge >= 0.3 is 0 Å². The first-order chi connectivity index (χ1) is 7.83. The molecule has 0 aliphatic heterocycles. The molecular weight excluding hydrogens is 200 g/mol. The Morgan fingerprint density at radius 3 is 3.06 bits per heavy atom. The Hall–Kier alpha value is -1.84. The minimum Gasteiger partial charge on any atom is -0.396 e. The summed E-state index contributed by atoms with van der Waals surface area (Å²) in [4.78, 5) is 8.53. The molecule has 83 valence electrons. The van der Waals surface area contributed by atoms with Crippen LogP contribution in [0.15, 0.2) is 24.5 Å². The highest BCUT2D eigenvalue weighted by molar-refractivity contribution is 5.93. The van der Waals surface area contributed by atoms with E-state index in [9.17, 15) is 0 Å². The Kier molecular flexibility index (Phi) is 3.19. The number of rotatable bonds is 4. The van der Waals surface area contributed by atoms with E-state index in [1.807, 2.05) is 12.1 Å². The fourth-order valence-corrected chi connectivity index (χ4v) is 1.56. The lowest BCUT2D eigenvalue weighted by molar-refractivity contribution is 0.888. The zero-order valence-corrected chi connectivity index (χ0v) is 9.11. The van der Waals surface area contributed by atoms with Crippen LogP contribution < -0.4 is 11.1 Å². The van der Waals surface area contributed by atoms with Crippen LogP contribution in [0.4, 0.5) is 11.4 Å². The van der Waals surface area contributed by atoms with Crippen molar-refractivity contribution in [2.75, 3.05) is 17.6 Å². The molecule has 0 fully saturated rings. The van der Waals surface area contributed by atoms with Crippen LogP contribution in [0.5, 0.6) is 0 Å². The molecule has 0 aliphatic carbocycles. The molecule has 2 rings (SSSR count). The van der Waals surface area contributed by atoms with E-state index in [0.717, 1.165) is 36.1 Å². The third-order valence-corrected chi connectivity index (χ3v) is 2.38. The fourth-order valence-electron chi connectivity index (χ4n) is 1.56. The molecule has 0 unspecified atom stereocenters. The lowest BCUT2D eigenvalue weighted by Gasteiger charge is -2.10. The minimum atomic E-state index is 0.635. The second-order valence-corrected chi connectivity index (χ2v) is 3.59. The first-order valence-corrected chi connectivity index (χ1v) is 5.35. The molecule has 0 saturated carbocycles. The van der Waals surface area contributed by atoms with Crippen molar-refractivity contribution < 1.29 is 0 Å². The maximum atomic E-state index is 5.89. The van der Waals surface area contributed by atoms with Crippen LogP contribution in [0, 0.1) is 6.92 Å². The normalized spacial score (nSPS) is 10.6. The fraction of sp³-hybridized carbons (Fsp3) is 0.250. The van der Waals surface area contributed by atoms with E-state index in [2.05, 4.69) is 22.2 Å². The van der Waals surface area contributed by atoms with Gasteiger partial charge < -0.3 is 11.1 Å². The van der Waals surface area contributed by atoms with Gasteiger partial charge in [0.05, 0.1) is 23.1 Å². The number of fused-ring (bicyclic) bond motifs is 1. The van der Waals surface area contributed by atoms with Gasteiger partial charge in [0.2, 0.25) is 0 Å². The van der Waals surface area contributed by atoms with Crippen molar-refractivity contribution in [3.8, 4) is 0 Å². The minimum absolute atomic E-state index is 0.635. The molecule has 2 aromatic heterocycles. The van der Waals surface area contributed by atoms with Crippen molar-refractivity contribution in [1.82, 2.24) is 9.97 Å². The molecule has 3 N–H and O–H groups in total.